The Labute approximate surface area is 200 Å². The largest absolute Gasteiger partial charge is 0.503 e. The van der Waals surface area contributed by atoms with Gasteiger partial charge in [-0.3, -0.25) is 9.59 Å². The van der Waals surface area contributed by atoms with Crippen LogP contribution in [0.5, 0.6) is 11.5 Å². The quantitative estimate of drug-likeness (QED) is 0.471. The van der Waals surface area contributed by atoms with E-state index in [1.54, 1.807) is 30.3 Å². The van der Waals surface area contributed by atoms with Gasteiger partial charge in [0.25, 0.3) is 5.91 Å². The number of methoxy groups -OCH3 is 1. The third-order valence-electron chi connectivity index (χ3n) is 5.48. The van der Waals surface area contributed by atoms with Gasteiger partial charge in [0.2, 0.25) is 0 Å². The predicted molar refractivity (Wildman–Crippen MR) is 129 cm³/mol. The van der Waals surface area contributed by atoms with Gasteiger partial charge < -0.3 is 28.8 Å². The molecule has 1 unspecified atom stereocenters. The zero-order chi connectivity index (χ0) is 24.7. The fourth-order valence-corrected chi connectivity index (χ4v) is 3.86. The van der Waals surface area contributed by atoms with Crippen LogP contribution in [0.2, 0.25) is 0 Å². The molecule has 1 N–H and O–H groups in total. The van der Waals surface area contributed by atoms with Gasteiger partial charge in [-0.25, -0.2) is 0 Å². The fourth-order valence-electron chi connectivity index (χ4n) is 3.86. The van der Waals surface area contributed by atoms with Gasteiger partial charge in [0.15, 0.2) is 23.0 Å². The molecule has 2 heterocycles. The number of aliphatic hydroxyl groups is 1. The summed E-state index contributed by atoms with van der Waals surface area (Å²) in [4.78, 5) is 29.8. The maximum atomic E-state index is 13.2. The summed E-state index contributed by atoms with van der Waals surface area (Å²) in [6, 6.07) is 7.99. The standard InChI is InChI=1S/C26H32N2O6/c1-5-15-34-21-12-9-18(17-22(21)32-4)24-23(20(29)11-10-19-8-6-16-33-19)25(30)26(31)28(24)14-7-13-27(2)3/h6,8-12,16-17,24,30H,5,7,13-15H2,1-4H3/b11-10+. The second kappa shape index (κ2) is 11.6. The molecule has 2 aromatic rings. The number of nitrogens with zero attached hydrogens (tertiary/aromatic N) is 2. The summed E-state index contributed by atoms with van der Waals surface area (Å²) in [6.45, 7) is 3.68. The lowest BCUT2D eigenvalue weighted by atomic mass is 9.95. The SMILES string of the molecule is CCCOc1ccc(C2C(C(=O)/C=C/c3ccco3)=C(O)C(=O)N2CCCN(C)C)cc1OC. The Morgan fingerprint density at radius 2 is 2.06 bits per heavy atom. The van der Waals surface area contributed by atoms with Crippen molar-refractivity contribution in [3.05, 3.63) is 65.3 Å². The Bertz CT molecular complexity index is 1060. The van der Waals surface area contributed by atoms with Gasteiger partial charge in [0.05, 0.1) is 31.6 Å². The zero-order valence-corrected chi connectivity index (χ0v) is 20.1. The number of carbonyl (C=O) groups is 2. The summed E-state index contributed by atoms with van der Waals surface area (Å²) in [7, 11) is 5.44. The minimum absolute atomic E-state index is 0.0296. The highest BCUT2D eigenvalue weighted by molar-refractivity contribution is 6.14. The maximum Gasteiger partial charge on any atom is 0.290 e. The van der Waals surface area contributed by atoms with E-state index in [0.29, 0.717) is 42.4 Å². The number of hydrogen-bond donors (Lipinski definition) is 1. The molecule has 1 aliphatic heterocycles. The lowest BCUT2D eigenvalue weighted by Gasteiger charge is -2.27. The average molecular weight is 469 g/mol. The first kappa shape index (κ1) is 25.1. The monoisotopic (exact) mass is 468 g/mol. The van der Waals surface area contributed by atoms with Gasteiger partial charge in [-0.2, -0.15) is 0 Å². The molecule has 0 fully saturated rings. The number of benzene rings is 1. The molecular formula is C26H32N2O6. The second-order valence-electron chi connectivity index (χ2n) is 8.29. The van der Waals surface area contributed by atoms with Gasteiger partial charge in [-0.05, 0) is 75.5 Å². The Morgan fingerprint density at radius 1 is 1.26 bits per heavy atom. The molecule has 8 heteroatoms. The number of ketones is 1. The van der Waals surface area contributed by atoms with Crippen molar-refractivity contribution in [2.45, 2.75) is 25.8 Å². The number of amides is 1. The van der Waals surface area contributed by atoms with Gasteiger partial charge in [-0.15, -0.1) is 0 Å². The normalized spacial score (nSPS) is 16.2. The van der Waals surface area contributed by atoms with Crippen LogP contribution in [0.4, 0.5) is 0 Å². The van der Waals surface area contributed by atoms with E-state index < -0.39 is 23.5 Å². The van der Waals surface area contributed by atoms with Crippen LogP contribution in [-0.4, -0.2) is 67.5 Å². The van der Waals surface area contributed by atoms with Crippen molar-refractivity contribution in [2.24, 2.45) is 0 Å². The van der Waals surface area contributed by atoms with Crippen molar-refractivity contribution < 1.29 is 28.6 Å². The first-order chi connectivity index (χ1) is 16.4. The van der Waals surface area contributed by atoms with E-state index in [2.05, 4.69) is 0 Å². The Balaban J connectivity index is 1.99. The van der Waals surface area contributed by atoms with E-state index in [4.69, 9.17) is 13.9 Å². The summed E-state index contributed by atoms with van der Waals surface area (Å²) in [5.74, 6) is 0.00761. The first-order valence-electron chi connectivity index (χ1n) is 11.3. The van der Waals surface area contributed by atoms with Crippen LogP contribution in [0.25, 0.3) is 6.08 Å². The lowest BCUT2D eigenvalue weighted by molar-refractivity contribution is -0.129. The van der Waals surface area contributed by atoms with Crippen LogP contribution in [0, 0.1) is 0 Å². The molecule has 0 radical (unpaired) electrons. The molecule has 34 heavy (non-hydrogen) atoms. The Morgan fingerprint density at radius 3 is 2.71 bits per heavy atom. The second-order valence-corrected chi connectivity index (χ2v) is 8.29. The molecule has 3 rings (SSSR count). The van der Waals surface area contributed by atoms with E-state index in [-0.39, 0.29) is 5.57 Å². The molecule has 182 valence electrons. The number of furan rings is 1. The van der Waals surface area contributed by atoms with Crippen LogP contribution in [0.3, 0.4) is 0 Å². The molecule has 1 aliphatic rings. The molecule has 8 nitrogen and oxygen atoms in total. The van der Waals surface area contributed by atoms with Crippen LogP contribution in [0.15, 0.2) is 58.4 Å². The number of carbonyl (C=O) groups excluding carboxylic acids is 2. The van der Waals surface area contributed by atoms with E-state index in [0.717, 1.165) is 13.0 Å². The number of rotatable bonds is 12. The molecule has 1 amide bonds. The summed E-state index contributed by atoms with van der Waals surface area (Å²) < 4.78 is 16.5. The molecular weight excluding hydrogens is 436 g/mol. The third-order valence-corrected chi connectivity index (χ3v) is 5.48. The number of ether oxygens (including phenoxy) is 2. The predicted octanol–water partition coefficient (Wildman–Crippen LogP) is 4.01. The maximum absolute atomic E-state index is 13.2. The highest BCUT2D eigenvalue weighted by atomic mass is 16.5. The van der Waals surface area contributed by atoms with Crippen LogP contribution in [-0.2, 0) is 9.59 Å². The fraction of sp³-hybridized carbons (Fsp3) is 0.385. The van der Waals surface area contributed by atoms with E-state index in [1.807, 2.05) is 25.9 Å². The molecule has 1 aromatic heterocycles. The van der Waals surface area contributed by atoms with Gasteiger partial charge >= 0.3 is 0 Å². The minimum Gasteiger partial charge on any atom is -0.503 e. The summed E-state index contributed by atoms with van der Waals surface area (Å²) in [5, 5.41) is 10.7. The third kappa shape index (κ3) is 5.69. The van der Waals surface area contributed by atoms with Crippen LogP contribution < -0.4 is 9.47 Å². The summed E-state index contributed by atoms with van der Waals surface area (Å²) in [5.41, 5.74) is 0.680. The highest BCUT2D eigenvalue weighted by Gasteiger charge is 2.42. The first-order valence-corrected chi connectivity index (χ1v) is 11.3. The van der Waals surface area contributed by atoms with E-state index in [9.17, 15) is 14.7 Å². The summed E-state index contributed by atoms with van der Waals surface area (Å²) >= 11 is 0. The van der Waals surface area contributed by atoms with Crippen LogP contribution in [0.1, 0.15) is 37.1 Å². The van der Waals surface area contributed by atoms with Crippen molar-refractivity contribution in [1.29, 1.82) is 0 Å². The number of hydrogen-bond acceptors (Lipinski definition) is 7. The van der Waals surface area contributed by atoms with Gasteiger partial charge in [0.1, 0.15) is 5.76 Å². The van der Waals surface area contributed by atoms with Crippen molar-refractivity contribution >= 4 is 17.8 Å². The van der Waals surface area contributed by atoms with Crippen molar-refractivity contribution in [3.63, 3.8) is 0 Å². The lowest BCUT2D eigenvalue weighted by Crippen LogP contribution is -2.33. The molecule has 0 saturated heterocycles. The summed E-state index contributed by atoms with van der Waals surface area (Å²) in [6.07, 6.45) is 5.86. The molecule has 1 aromatic carbocycles. The van der Waals surface area contributed by atoms with E-state index in [1.165, 1.54) is 30.4 Å². The van der Waals surface area contributed by atoms with Crippen molar-refractivity contribution in [2.75, 3.05) is 40.9 Å². The molecule has 0 saturated carbocycles. The Hall–Kier alpha value is -3.52. The molecule has 0 spiro atoms. The van der Waals surface area contributed by atoms with Gasteiger partial charge in [-0.1, -0.05) is 13.0 Å². The zero-order valence-electron chi connectivity index (χ0n) is 20.1. The average Bonchev–Trinajstić information content (AvgIpc) is 3.43. The highest BCUT2D eigenvalue weighted by Crippen LogP contribution is 2.41. The molecule has 1 atom stereocenters. The van der Waals surface area contributed by atoms with Crippen LogP contribution >= 0.6 is 0 Å². The molecule has 0 aliphatic carbocycles. The number of allylic oxidation sites excluding steroid dienone is 1. The Kier molecular flexibility index (Phi) is 8.54. The van der Waals surface area contributed by atoms with E-state index >= 15 is 0 Å². The minimum atomic E-state index is -0.752. The smallest absolute Gasteiger partial charge is 0.290 e. The van der Waals surface area contributed by atoms with Gasteiger partial charge in [0, 0.05) is 6.54 Å². The topological polar surface area (TPSA) is 92.5 Å². The van der Waals surface area contributed by atoms with Crippen molar-refractivity contribution in [1.82, 2.24) is 9.80 Å². The molecule has 0 bridgehead atoms. The van der Waals surface area contributed by atoms with Crippen molar-refractivity contribution in [3.8, 4) is 11.5 Å². The number of aliphatic hydroxyl groups excluding tert-OH is 1.